The number of rotatable bonds is 1. The van der Waals surface area contributed by atoms with Crippen LogP contribution < -0.4 is 16.0 Å². The van der Waals surface area contributed by atoms with E-state index in [2.05, 4.69) is 27.9 Å². The molecule has 1 saturated heterocycles. The van der Waals surface area contributed by atoms with Crippen molar-refractivity contribution in [2.24, 2.45) is 4.99 Å². The first-order chi connectivity index (χ1) is 6.74. The molecule has 0 radical (unpaired) electrons. The molecule has 2 atom stereocenters. The van der Waals surface area contributed by atoms with Gasteiger partial charge in [-0.2, -0.15) is 0 Å². The summed E-state index contributed by atoms with van der Waals surface area (Å²) >= 11 is 0. The largest absolute Gasteiger partial charge is 0.354 e. The average Bonchev–Trinajstić information content (AvgIpc) is 2.56. The Labute approximate surface area is 83.4 Å². The molecule has 1 amide bonds. The molecule has 5 nitrogen and oxygen atoms in total. The fourth-order valence-electron chi connectivity index (χ4n) is 1.69. The van der Waals surface area contributed by atoms with Crippen molar-refractivity contribution in [3.05, 3.63) is 0 Å². The Kier molecular flexibility index (Phi) is 2.56. The summed E-state index contributed by atoms with van der Waals surface area (Å²) in [6, 6.07) is 0.750. The Bertz CT molecular complexity index is 254. The number of nitrogens with one attached hydrogen (secondary N) is 3. The number of carbonyl (C=O) groups excluding carboxylic acids is 1. The number of hydrogen-bond acceptors (Lipinski definition) is 4. The molecule has 0 aliphatic carbocycles. The lowest BCUT2D eigenvalue weighted by Gasteiger charge is -2.24. The summed E-state index contributed by atoms with van der Waals surface area (Å²) in [6.45, 7) is 3.64. The van der Waals surface area contributed by atoms with Gasteiger partial charge in [-0.05, 0) is 13.3 Å². The summed E-state index contributed by atoms with van der Waals surface area (Å²) in [7, 11) is 0. The smallest absolute Gasteiger partial charge is 0.220 e. The average molecular weight is 196 g/mol. The summed E-state index contributed by atoms with van der Waals surface area (Å²) in [5.74, 6) is 1.02. The van der Waals surface area contributed by atoms with E-state index in [1.165, 1.54) is 0 Å². The van der Waals surface area contributed by atoms with E-state index in [0.29, 0.717) is 25.0 Å². The lowest BCUT2D eigenvalue weighted by Crippen LogP contribution is -2.50. The molecular weight excluding hydrogens is 180 g/mol. The van der Waals surface area contributed by atoms with E-state index in [4.69, 9.17) is 0 Å². The van der Waals surface area contributed by atoms with Crippen molar-refractivity contribution in [1.29, 1.82) is 0 Å². The Morgan fingerprint density at radius 2 is 2.43 bits per heavy atom. The normalized spacial score (nSPS) is 31.8. The van der Waals surface area contributed by atoms with Gasteiger partial charge >= 0.3 is 0 Å². The highest BCUT2D eigenvalue weighted by molar-refractivity contribution is 5.82. The van der Waals surface area contributed by atoms with Crippen molar-refractivity contribution in [2.75, 3.05) is 13.1 Å². The van der Waals surface area contributed by atoms with Gasteiger partial charge in [0.2, 0.25) is 5.91 Å². The first-order valence-corrected chi connectivity index (χ1v) is 5.08. The lowest BCUT2D eigenvalue weighted by atomic mass is 10.1. The molecule has 0 bridgehead atoms. The van der Waals surface area contributed by atoms with Gasteiger partial charge in [-0.1, -0.05) is 0 Å². The Morgan fingerprint density at radius 1 is 1.57 bits per heavy atom. The van der Waals surface area contributed by atoms with E-state index in [-0.39, 0.29) is 5.91 Å². The van der Waals surface area contributed by atoms with Crippen LogP contribution in [0.2, 0.25) is 0 Å². The number of hydrogen-bond donors (Lipinski definition) is 3. The van der Waals surface area contributed by atoms with Crippen LogP contribution in [-0.2, 0) is 4.79 Å². The van der Waals surface area contributed by atoms with Gasteiger partial charge in [0, 0.05) is 25.0 Å². The summed E-state index contributed by atoms with van der Waals surface area (Å²) in [5, 5.41) is 9.36. The Balaban J connectivity index is 1.78. The number of nitrogens with zero attached hydrogens (tertiary/aromatic N) is 1. The highest BCUT2D eigenvalue weighted by Gasteiger charge is 2.20. The molecule has 78 valence electrons. The first-order valence-electron chi connectivity index (χ1n) is 5.08. The minimum atomic E-state index is 0.151. The molecule has 1 fully saturated rings. The van der Waals surface area contributed by atoms with Crippen LogP contribution in [0.4, 0.5) is 0 Å². The molecule has 2 unspecified atom stereocenters. The van der Waals surface area contributed by atoms with E-state index in [9.17, 15) is 4.79 Å². The SMILES string of the molecule is CC1CN=C(NC2CCC(=O)NC2)N1. The maximum absolute atomic E-state index is 10.9. The van der Waals surface area contributed by atoms with E-state index in [1.54, 1.807) is 0 Å². The molecular formula is C9H16N4O. The lowest BCUT2D eigenvalue weighted by molar-refractivity contribution is -0.122. The number of amides is 1. The van der Waals surface area contributed by atoms with Crippen LogP contribution in [0.5, 0.6) is 0 Å². The van der Waals surface area contributed by atoms with Gasteiger partial charge in [0.15, 0.2) is 5.96 Å². The second kappa shape index (κ2) is 3.86. The topological polar surface area (TPSA) is 65.5 Å². The molecule has 0 aromatic rings. The number of guanidine groups is 1. The van der Waals surface area contributed by atoms with Crippen LogP contribution in [0.1, 0.15) is 19.8 Å². The maximum atomic E-state index is 10.9. The molecule has 14 heavy (non-hydrogen) atoms. The van der Waals surface area contributed by atoms with Gasteiger partial charge in [0.05, 0.1) is 6.54 Å². The third-order valence-electron chi connectivity index (χ3n) is 2.51. The zero-order valence-corrected chi connectivity index (χ0v) is 8.34. The van der Waals surface area contributed by atoms with Crippen LogP contribution >= 0.6 is 0 Å². The van der Waals surface area contributed by atoms with Gasteiger partial charge in [-0.3, -0.25) is 9.79 Å². The second-order valence-electron chi connectivity index (χ2n) is 3.92. The summed E-state index contributed by atoms with van der Waals surface area (Å²) < 4.78 is 0. The number of carbonyl (C=O) groups is 1. The van der Waals surface area contributed by atoms with Crippen molar-refractivity contribution in [3.8, 4) is 0 Å². The van der Waals surface area contributed by atoms with Gasteiger partial charge in [-0.25, -0.2) is 0 Å². The quantitative estimate of drug-likeness (QED) is 0.514. The van der Waals surface area contributed by atoms with E-state index in [0.717, 1.165) is 18.9 Å². The van der Waals surface area contributed by atoms with Crippen molar-refractivity contribution in [3.63, 3.8) is 0 Å². The van der Waals surface area contributed by atoms with Crippen LogP contribution in [0.25, 0.3) is 0 Å². The standard InChI is InChI=1S/C9H16N4O/c1-6-4-11-9(12-6)13-7-2-3-8(14)10-5-7/h6-7H,2-5H2,1H3,(H,10,14)(H2,11,12,13). The number of piperidine rings is 1. The van der Waals surface area contributed by atoms with Crippen LogP contribution in [0.3, 0.4) is 0 Å². The Morgan fingerprint density at radius 3 is 3.00 bits per heavy atom. The highest BCUT2D eigenvalue weighted by Crippen LogP contribution is 2.03. The molecule has 2 aliphatic heterocycles. The van der Waals surface area contributed by atoms with E-state index in [1.807, 2.05) is 0 Å². The molecule has 0 saturated carbocycles. The fourth-order valence-corrected chi connectivity index (χ4v) is 1.69. The van der Waals surface area contributed by atoms with Crippen LogP contribution in [0.15, 0.2) is 4.99 Å². The monoisotopic (exact) mass is 196 g/mol. The predicted molar refractivity (Wildman–Crippen MR) is 54.1 cm³/mol. The van der Waals surface area contributed by atoms with Crippen LogP contribution in [-0.4, -0.2) is 37.0 Å². The minimum absolute atomic E-state index is 0.151. The third kappa shape index (κ3) is 2.16. The fraction of sp³-hybridized carbons (Fsp3) is 0.778. The molecule has 0 aromatic heterocycles. The van der Waals surface area contributed by atoms with E-state index >= 15 is 0 Å². The zero-order valence-electron chi connectivity index (χ0n) is 8.34. The molecule has 2 rings (SSSR count). The molecule has 0 aromatic carbocycles. The van der Waals surface area contributed by atoms with Crippen LogP contribution in [0, 0.1) is 0 Å². The van der Waals surface area contributed by atoms with Gasteiger partial charge in [-0.15, -0.1) is 0 Å². The minimum Gasteiger partial charge on any atom is -0.354 e. The van der Waals surface area contributed by atoms with E-state index < -0.39 is 0 Å². The Hall–Kier alpha value is -1.26. The molecule has 0 spiro atoms. The molecule has 5 heteroatoms. The molecule has 2 aliphatic rings. The predicted octanol–water partition coefficient (Wildman–Crippen LogP) is -0.798. The highest BCUT2D eigenvalue weighted by atomic mass is 16.1. The van der Waals surface area contributed by atoms with Crippen molar-refractivity contribution in [1.82, 2.24) is 16.0 Å². The van der Waals surface area contributed by atoms with Gasteiger partial charge < -0.3 is 16.0 Å². The first kappa shape index (κ1) is 9.30. The summed E-state index contributed by atoms with van der Waals surface area (Å²) in [6.07, 6.45) is 1.50. The molecule has 3 N–H and O–H groups in total. The summed E-state index contributed by atoms with van der Waals surface area (Å²) in [5.41, 5.74) is 0. The zero-order chi connectivity index (χ0) is 9.97. The van der Waals surface area contributed by atoms with Crippen molar-refractivity contribution in [2.45, 2.75) is 31.8 Å². The summed E-state index contributed by atoms with van der Waals surface area (Å²) in [4.78, 5) is 15.2. The maximum Gasteiger partial charge on any atom is 0.220 e. The third-order valence-corrected chi connectivity index (χ3v) is 2.51. The number of aliphatic imine (C=N–C) groups is 1. The van der Waals surface area contributed by atoms with Crippen molar-refractivity contribution < 1.29 is 4.79 Å². The van der Waals surface area contributed by atoms with Gasteiger partial charge in [0.25, 0.3) is 0 Å². The molecule has 2 heterocycles. The van der Waals surface area contributed by atoms with Crippen molar-refractivity contribution >= 4 is 11.9 Å². The second-order valence-corrected chi connectivity index (χ2v) is 3.92. The van der Waals surface area contributed by atoms with Gasteiger partial charge in [0.1, 0.15) is 0 Å².